The minimum Gasteiger partial charge on any atom is -0.288 e. The molecule has 0 aromatic heterocycles. The minimum atomic E-state index is -4.42. The Morgan fingerprint density at radius 2 is 1.80 bits per heavy atom. The summed E-state index contributed by atoms with van der Waals surface area (Å²) in [5.41, 5.74) is 0.496. The molecule has 25 heavy (non-hydrogen) atoms. The van der Waals surface area contributed by atoms with Crippen LogP contribution in [0, 0.1) is 0 Å². The van der Waals surface area contributed by atoms with Crippen LogP contribution in [0.25, 0.3) is 6.08 Å². The van der Waals surface area contributed by atoms with E-state index < -0.39 is 11.7 Å². The first-order chi connectivity index (χ1) is 11.8. The summed E-state index contributed by atoms with van der Waals surface area (Å²) in [5.74, 6) is -0.295. The first kappa shape index (κ1) is 17.7. The maximum Gasteiger partial charge on any atom is 0.416 e. The second-order valence-electron chi connectivity index (χ2n) is 5.38. The van der Waals surface area contributed by atoms with E-state index in [2.05, 4.69) is 0 Å². The summed E-state index contributed by atoms with van der Waals surface area (Å²) in [7, 11) is 0. The first-order valence-electron chi connectivity index (χ1n) is 7.31. The fraction of sp³-hybridized carbons (Fsp3) is 0.111. The molecule has 0 bridgehead atoms. The zero-order valence-corrected chi connectivity index (χ0v) is 14.4. The molecule has 2 nitrogen and oxygen atoms in total. The van der Waals surface area contributed by atoms with Gasteiger partial charge in [-0.3, -0.25) is 9.69 Å². The third-order valence-corrected chi connectivity index (χ3v) is 4.95. The molecule has 0 spiro atoms. The highest BCUT2D eigenvalue weighted by Gasteiger charge is 2.33. The molecule has 128 valence electrons. The topological polar surface area (TPSA) is 20.3 Å². The maximum absolute atomic E-state index is 12.8. The van der Waals surface area contributed by atoms with Crippen molar-refractivity contribution in [2.75, 3.05) is 0 Å². The smallest absolute Gasteiger partial charge is 0.288 e. The van der Waals surface area contributed by atoms with Crippen LogP contribution < -0.4 is 0 Å². The predicted octanol–water partition coefficient (Wildman–Crippen LogP) is 5.11. The van der Waals surface area contributed by atoms with Crippen molar-refractivity contribution in [3.05, 3.63) is 76.2 Å². The molecule has 2 aromatic carbocycles. The van der Waals surface area contributed by atoms with E-state index in [0.29, 0.717) is 21.3 Å². The largest absolute Gasteiger partial charge is 0.416 e. The predicted molar refractivity (Wildman–Crippen MR) is 96.6 cm³/mol. The van der Waals surface area contributed by atoms with Crippen molar-refractivity contribution in [2.45, 2.75) is 12.7 Å². The highest BCUT2D eigenvalue weighted by atomic mass is 32.2. The lowest BCUT2D eigenvalue weighted by Crippen LogP contribution is -2.27. The van der Waals surface area contributed by atoms with Crippen LogP contribution in [0.5, 0.6) is 0 Å². The molecular formula is C18H12F3NOS2. The lowest BCUT2D eigenvalue weighted by Gasteiger charge is -2.14. The average Bonchev–Trinajstić information content (AvgIpc) is 2.83. The molecular weight excluding hydrogens is 367 g/mol. The van der Waals surface area contributed by atoms with Gasteiger partial charge in [0.05, 0.1) is 17.0 Å². The number of amides is 1. The molecule has 1 aliphatic heterocycles. The number of rotatable bonds is 3. The van der Waals surface area contributed by atoms with Crippen LogP contribution in [-0.2, 0) is 17.5 Å². The maximum atomic E-state index is 12.8. The molecule has 1 saturated heterocycles. The van der Waals surface area contributed by atoms with E-state index in [4.69, 9.17) is 12.2 Å². The van der Waals surface area contributed by atoms with Crippen molar-refractivity contribution < 1.29 is 18.0 Å². The van der Waals surface area contributed by atoms with Crippen LogP contribution in [0.15, 0.2) is 59.5 Å². The van der Waals surface area contributed by atoms with Gasteiger partial charge in [-0.2, -0.15) is 13.2 Å². The summed E-state index contributed by atoms with van der Waals surface area (Å²) in [5, 5.41) is 0. The Morgan fingerprint density at radius 1 is 1.08 bits per heavy atom. The van der Waals surface area contributed by atoms with Gasteiger partial charge in [0.15, 0.2) is 0 Å². The molecule has 0 atom stereocenters. The average molecular weight is 379 g/mol. The number of thiocarbonyl (C=S) groups is 1. The fourth-order valence-electron chi connectivity index (χ4n) is 2.36. The van der Waals surface area contributed by atoms with Crippen molar-refractivity contribution in [1.82, 2.24) is 4.90 Å². The standard InChI is InChI=1S/C18H12F3NOS2/c19-18(20,21)14-8-4-7-13(9-14)10-15-16(23)22(17(24)25-15)11-12-5-2-1-3-6-12/h1-10H,11H2/b15-10-. The lowest BCUT2D eigenvalue weighted by molar-refractivity contribution is -0.137. The number of halogens is 3. The molecule has 0 radical (unpaired) electrons. The van der Waals surface area contributed by atoms with Crippen molar-refractivity contribution in [3.63, 3.8) is 0 Å². The van der Waals surface area contributed by atoms with Crippen molar-refractivity contribution >= 4 is 40.3 Å². The van der Waals surface area contributed by atoms with Crippen molar-refractivity contribution in [2.24, 2.45) is 0 Å². The van der Waals surface area contributed by atoms with Crippen LogP contribution >= 0.6 is 24.0 Å². The quantitative estimate of drug-likeness (QED) is 0.546. The van der Waals surface area contributed by atoms with Gasteiger partial charge in [-0.05, 0) is 29.3 Å². The van der Waals surface area contributed by atoms with Gasteiger partial charge in [-0.1, -0.05) is 66.4 Å². The summed E-state index contributed by atoms with van der Waals surface area (Å²) < 4.78 is 38.8. The van der Waals surface area contributed by atoms with Crippen LogP contribution in [-0.4, -0.2) is 15.1 Å². The normalized spacial score (nSPS) is 16.8. The summed E-state index contributed by atoms with van der Waals surface area (Å²) in [4.78, 5) is 14.3. The lowest BCUT2D eigenvalue weighted by atomic mass is 10.1. The fourth-order valence-corrected chi connectivity index (χ4v) is 3.61. The monoisotopic (exact) mass is 379 g/mol. The van der Waals surface area contributed by atoms with E-state index in [9.17, 15) is 18.0 Å². The molecule has 1 amide bonds. The van der Waals surface area contributed by atoms with E-state index >= 15 is 0 Å². The third kappa shape index (κ3) is 4.11. The van der Waals surface area contributed by atoms with Crippen LogP contribution in [0.1, 0.15) is 16.7 Å². The number of benzene rings is 2. The molecule has 3 rings (SSSR count). The zero-order chi connectivity index (χ0) is 18.0. The van der Waals surface area contributed by atoms with Crippen molar-refractivity contribution in [3.8, 4) is 0 Å². The third-order valence-electron chi connectivity index (χ3n) is 3.57. The molecule has 1 aliphatic rings. The van der Waals surface area contributed by atoms with Gasteiger partial charge in [-0.15, -0.1) is 0 Å². The molecule has 0 aliphatic carbocycles. The Labute approximate surface area is 152 Å². The van der Waals surface area contributed by atoms with E-state index in [1.54, 1.807) is 0 Å². The number of carbonyl (C=O) groups is 1. The SMILES string of the molecule is O=C1/C(=C/c2cccc(C(F)(F)F)c2)SC(=S)N1Cc1ccccc1. The molecule has 0 unspecified atom stereocenters. The number of carbonyl (C=O) groups excluding carboxylic acids is 1. The number of hydrogen-bond donors (Lipinski definition) is 0. The molecule has 7 heteroatoms. The zero-order valence-electron chi connectivity index (χ0n) is 12.8. The Kier molecular flexibility index (Phi) is 4.96. The highest BCUT2D eigenvalue weighted by Crippen LogP contribution is 2.35. The summed E-state index contributed by atoms with van der Waals surface area (Å²) in [6, 6.07) is 14.2. The van der Waals surface area contributed by atoms with E-state index in [0.717, 1.165) is 29.5 Å². The van der Waals surface area contributed by atoms with Gasteiger partial charge in [0, 0.05) is 0 Å². The van der Waals surface area contributed by atoms with Gasteiger partial charge in [0.1, 0.15) is 4.32 Å². The van der Waals surface area contributed by atoms with Gasteiger partial charge in [0.25, 0.3) is 5.91 Å². The Hall–Kier alpha value is -2.12. The van der Waals surface area contributed by atoms with Crippen LogP contribution in [0.3, 0.4) is 0 Å². The van der Waals surface area contributed by atoms with Crippen LogP contribution in [0.4, 0.5) is 13.2 Å². The highest BCUT2D eigenvalue weighted by molar-refractivity contribution is 8.26. The van der Waals surface area contributed by atoms with E-state index in [-0.39, 0.29) is 5.91 Å². The first-order valence-corrected chi connectivity index (χ1v) is 8.53. The molecule has 1 fully saturated rings. The summed E-state index contributed by atoms with van der Waals surface area (Å²) >= 11 is 6.34. The molecule has 0 saturated carbocycles. The molecule has 2 aromatic rings. The van der Waals surface area contributed by atoms with Gasteiger partial charge < -0.3 is 0 Å². The van der Waals surface area contributed by atoms with E-state index in [1.165, 1.54) is 23.1 Å². The molecule has 1 heterocycles. The van der Waals surface area contributed by atoms with Gasteiger partial charge in [-0.25, -0.2) is 0 Å². The van der Waals surface area contributed by atoms with Crippen LogP contribution in [0.2, 0.25) is 0 Å². The number of hydrogen-bond acceptors (Lipinski definition) is 3. The number of nitrogens with zero attached hydrogens (tertiary/aromatic N) is 1. The van der Waals surface area contributed by atoms with E-state index in [1.807, 2.05) is 30.3 Å². The van der Waals surface area contributed by atoms with Gasteiger partial charge in [0.2, 0.25) is 0 Å². The minimum absolute atomic E-state index is 0.295. The summed E-state index contributed by atoms with van der Waals surface area (Å²) in [6.45, 7) is 0.339. The number of thioether (sulfide) groups is 1. The van der Waals surface area contributed by atoms with Gasteiger partial charge >= 0.3 is 6.18 Å². The summed E-state index contributed by atoms with van der Waals surface area (Å²) in [6.07, 6.45) is -2.98. The number of alkyl halides is 3. The second-order valence-corrected chi connectivity index (χ2v) is 7.05. The Balaban J connectivity index is 1.83. The Morgan fingerprint density at radius 3 is 2.48 bits per heavy atom. The Bertz CT molecular complexity index is 847. The van der Waals surface area contributed by atoms with Crippen molar-refractivity contribution in [1.29, 1.82) is 0 Å². The molecule has 0 N–H and O–H groups in total. The second kappa shape index (κ2) is 7.01.